The Morgan fingerprint density at radius 2 is 2.54 bits per heavy atom. The van der Waals surface area contributed by atoms with Gasteiger partial charge in [-0.2, -0.15) is 11.3 Å². The second kappa shape index (κ2) is 5.42. The Bertz CT molecular complexity index is 258. The van der Waals surface area contributed by atoms with E-state index in [0.29, 0.717) is 6.42 Å². The number of nitrogens with one attached hydrogen (secondary N) is 1. The van der Waals surface area contributed by atoms with E-state index in [1.54, 1.807) is 11.3 Å². The molecule has 0 atom stereocenters. The van der Waals surface area contributed by atoms with Crippen LogP contribution in [-0.4, -0.2) is 17.6 Å². The zero-order valence-electron chi connectivity index (χ0n) is 7.23. The van der Waals surface area contributed by atoms with Gasteiger partial charge in [-0.05, 0) is 17.9 Å². The van der Waals surface area contributed by atoms with Crippen molar-refractivity contribution < 1.29 is 5.21 Å². The van der Waals surface area contributed by atoms with E-state index in [9.17, 15) is 0 Å². The Hall–Kier alpha value is -1.23. The van der Waals surface area contributed by atoms with Crippen LogP contribution in [0.4, 0.5) is 5.69 Å². The number of hydrogen-bond donors (Lipinski definition) is 3. The molecule has 0 aromatic carbocycles. The highest BCUT2D eigenvalue weighted by Crippen LogP contribution is 2.11. The van der Waals surface area contributed by atoms with Gasteiger partial charge in [-0.1, -0.05) is 5.16 Å². The number of thiophene rings is 1. The first-order valence-electron chi connectivity index (χ1n) is 4.05. The number of oxime groups is 1. The Morgan fingerprint density at radius 3 is 3.15 bits per heavy atom. The topological polar surface area (TPSA) is 70.6 Å². The predicted molar refractivity (Wildman–Crippen MR) is 55.5 cm³/mol. The number of rotatable bonds is 5. The zero-order chi connectivity index (χ0) is 9.52. The van der Waals surface area contributed by atoms with Crippen LogP contribution >= 0.6 is 11.3 Å². The van der Waals surface area contributed by atoms with Gasteiger partial charge < -0.3 is 16.3 Å². The van der Waals surface area contributed by atoms with Crippen molar-refractivity contribution in [2.45, 2.75) is 12.8 Å². The molecule has 0 saturated carbocycles. The van der Waals surface area contributed by atoms with E-state index in [1.165, 1.54) is 0 Å². The van der Waals surface area contributed by atoms with Crippen LogP contribution in [0.2, 0.25) is 0 Å². The van der Waals surface area contributed by atoms with Crippen LogP contribution in [0.25, 0.3) is 0 Å². The normalized spacial score (nSPS) is 11.5. The molecule has 1 aromatic rings. The van der Waals surface area contributed by atoms with E-state index in [0.717, 1.165) is 18.7 Å². The summed E-state index contributed by atoms with van der Waals surface area (Å²) in [4.78, 5) is 0. The van der Waals surface area contributed by atoms with E-state index < -0.39 is 0 Å². The van der Waals surface area contributed by atoms with E-state index in [1.807, 2.05) is 16.8 Å². The first kappa shape index (κ1) is 9.85. The van der Waals surface area contributed by atoms with Gasteiger partial charge in [0.05, 0.1) is 0 Å². The van der Waals surface area contributed by atoms with Crippen LogP contribution in [0.3, 0.4) is 0 Å². The summed E-state index contributed by atoms with van der Waals surface area (Å²) < 4.78 is 0. The van der Waals surface area contributed by atoms with Crippen LogP contribution < -0.4 is 11.1 Å². The van der Waals surface area contributed by atoms with Crippen molar-refractivity contribution in [2.24, 2.45) is 10.9 Å². The van der Waals surface area contributed by atoms with Crippen molar-refractivity contribution in [1.82, 2.24) is 0 Å². The van der Waals surface area contributed by atoms with Crippen molar-refractivity contribution in [3.8, 4) is 0 Å². The van der Waals surface area contributed by atoms with E-state index in [2.05, 4.69) is 10.5 Å². The quantitative estimate of drug-likeness (QED) is 0.222. The van der Waals surface area contributed by atoms with Crippen molar-refractivity contribution >= 4 is 22.9 Å². The second-order valence-electron chi connectivity index (χ2n) is 2.63. The fraction of sp³-hybridized carbons (Fsp3) is 0.375. The number of anilines is 1. The lowest BCUT2D eigenvalue weighted by atomic mass is 10.3. The highest BCUT2D eigenvalue weighted by atomic mass is 32.1. The van der Waals surface area contributed by atoms with Gasteiger partial charge in [0.15, 0.2) is 0 Å². The number of amidine groups is 1. The van der Waals surface area contributed by atoms with Gasteiger partial charge in [-0.25, -0.2) is 0 Å². The Kier molecular flexibility index (Phi) is 4.11. The Balaban J connectivity index is 2.08. The minimum Gasteiger partial charge on any atom is -0.409 e. The molecule has 4 nitrogen and oxygen atoms in total. The fourth-order valence-corrected chi connectivity index (χ4v) is 1.53. The molecule has 1 aromatic heterocycles. The molecule has 1 rings (SSSR count). The summed E-state index contributed by atoms with van der Waals surface area (Å²) in [5.41, 5.74) is 6.44. The van der Waals surface area contributed by atoms with Crippen LogP contribution in [0.5, 0.6) is 0 Å². The standard InChI is InChI=1S/C8H13N3OS/c9-8(11-12)2-1-4-10-7-3-5-13-6-7/h3,5-6,10,12H,1-2,4H2,(H2,9,11). The van der Waals surface area contributed by atoms with Gasteiger partial charge in [-0.3, -0.25) is 0 Å². The maximum absolute atomic E-state index is 8.26. The third kappa shape index (κ3) is 3.80. The molecular weight excluding hydrogens is 186 g/mol. The smallest absolute Gasteiger partial charge is 0.139 e. The molecule has 0 aliphatic heterocycles. The molecule has 5 heteroatoms. The molecule has 13 heavy (non-hydrogen) atoms. The number of hydrogen-bond acceptors (Lipinski definition) is 4. The first-order chi connectivity index (χ1) is 6.33. The molecule has 0 bridgehead atoms. The minimum absolute atomic E-state index is 0.284. The third-order valence-corrected chi connectivity index (χ3v) is 2.27. The van der Waals surface area contributed by atoms with Gasteiger partial charge in [0, 0.05) is 24.0 Å². The third-order valence-electron chi connectivity index (χ3n) is 1.59. The summed E-state index contributed by atoms with van der Waals surface area (Å²) in [6, 6.07) is 2.02. The van der Waals surface area contributed by atoms with Crippen LogP contribution in [0.15, 0.2) is 22.0 Å². The van der Waals surface area contributed by atoms with Gasteiger partial charge in [0.2, 0.25) is 0 Å². The zero-order valence-corrected chi connectivity index (χ0v) is 8.05. The van der Waals surface area contributed by atoms with Crippen LogP contribution in [0.1, 0.15) is 12.8 Å². The summed E-state index contributed by atoms with van der Waals surface area (Å²) in [6.07, 6.45) is 1.49. The molecule has 0 aliphatic rings. The molecule has 1 heterocycles. The molecule has 72 valence electrons. The highest BCUT2D eigenvalue weighted by Gasteiger charge is 1.94. The molecule has 0 spiro atoms. The monoisotopic (exact) mass is 199 g/mol. The molecular formula is C8H13N3OS. The molecule has 0 radical (unpaired) electrons. The van der Waals surface area contributed by atoms with Crippen LogP contribution in [-0.2, 0) is 0 Å². The van der Waals surface area contributed by atoms with E-state index >= 15 is 0 Å². The summed E-state index contributed by atoms with van der Waals surface area (Å²) in [7, 11) is 0. The first-order valence-corrected chi connectivity index (χ1v) is 4.99. The van der Waals surface area contributed by atoms with Crippen molar-refractivity contribution in [3.05, 3.63) is 16.8 Å². The Morgan fingerprint density at radius 1 is 1.69 bits per heavy atom. The average Bonchev–Trinajstić information content (AvgIpc) is 2.64. The van der Waals surface area contributed by atoms with E-state index in [-0.39, 0.29) is 5.84 Å². The SMILES string of the molecule is NC(CCCNc1ccsc1)=NO. The lowest BCUT2D eigenvalue weighted by Crippen LogP contribution is -2.13. The number of nitrogens with zero attached hydrogens (tertiary/aromatic N) is 1. The summed E-state index contributed by atoms with van der Waals surface area (Å²) in [5, 5.41) is 18.4. The van der Waals surface area contributed by atoms with Gasteiger partial charge >= 0.3 is 0 Å². The lowest BCUT2D eigenvalue weighted by Gasteiger charge is -2.02. The minimum atomic E-state index is 0.284. The Labute approximate surface area is 81.1 Å². The van der Waals surface area contributed by atoms with Crippen LogP contribution in [0, 0.1) is 0 Å². The number of nitrogens with two attached hydrogens (primary N) is 1. The van der Waals surface area contributed by atoms with E-state index in [4.69, 9.17) is 10.9 Å². The summed E-state index contributed by atoms with van der Waals surface area (Å²) in [5.74, 6) is 0.284. The van der Waals surface area contributed by atoms with Crippen molar-refractivity contribution in [3.63, 3.8) is 0 Å². The largest absolute Gasteiger partial charge is 0.409 e. The maximum atomic E-state index is 8.26. The predicted octanol–water partition coefficient (Wildman–Crippen LogP) is 1.69. The lowest BCUT2D eigenvalue weighted by molar-refractivity contribution is 0.316. The van der Waals surface area contributed by atoms with Gasteiger partial charge in [0.25, 0.3) is 0 Å². The molecule has 0 saturated heterocycles. The molecule has 0 fully saturated rings. The molecule has 0 unspecified atom stereocenters. The molecule has 0 aliphatic carbocycles. The highest BCUT2D eigenvalue weighted by molar-refractivity contribution is 7.08. The van der Waals surface area contributed by atoms with Crippen molar-refractivity contribution in [1.29, 1.82) is 0 Å². The fourth-order valence-electron chi connectivity index (χ4n) is 0.917. The molecule has 4 N–H and O–H groups in total. The van der Waals surface area contributed by atoms with Gasteiger partial charge in [-0.15, -0.1) is 0 Å². The van der Waals surface area contributed by atoms with Gasteiger partial charge in [0.1, 0.15) is 5.84 Å². The maximum Gasteiger partial charge on any atom is 0.139 e. The average molecular weight is 199 g/mol. The molecule has 0 amide bonds. The van der Waals surface area contributed by atoms with Crippen molar-refractivity contribution in [2.75, 3.05) is 11.9 Å². The second-order valence-corrected chi connectivity index (χ2v) is 3.41. The summed E-state index contributed by atoms with van der Waals surface area (Å²) in [6.45, 7) is 0.840. The summed E-state index contributed by atoms with van der Waals surface area (Å²) >= 11 is 1.66.